The lowest BCUT2D eigenvalue weighted by Gasteiger charge is -2.10. The van der Waals surface area contributed by atoms with Crippen molar-refractivity contribution < 1.29 is 13.5 Å². The van der Waals surface area contributed by atoms with Crippen LogP contribution in [0.5, 0.6) is 0 Å². The molecule has 0 spiro atoms. The van der Waals surface area contributed by atoms with Crippen molar-refractivity contribution >= 4 is 21.6 Å². The fourth-order valence-corrected chi connectivity index (χ4v) is 3.08. The van der Waals surface area contributed by atoms with Crippen molar-refractivity contribution in [2.45, 2.75) is 18.0 Å². The van der Waals surface area contributed by atoms with Crippen LogP contribution in [0.2, 0.25) is 5.02 Å². The van der Waals surface area contributed by atoms with Gasteiger partial charge in [0.25, 0.3) is 0 Å². The number of rotatable bonds is 5. The number of hydrogen-bond donors (Lipinski definition) is 2. The quantitative estimate of drug-likeness (QED) is 0.890. The number of aliphatic hydroxyl groups is 1. The summed E-state index contributed by atoms with van der Waals surface area (Å²) in [5.74, 6) is 0. The molecule has 0 aliphatic heterocycles. The molecular weight excluding hydrogens is 298 g/mol. The molecule has 0 unspecified atom stereocenters. The maximum absolute atomic E-state index is 12.1. The number of hydrogen-bond acceptors (Lipinski definition) is 3. The molecule has 0 radical (unpaired) electrons. The molecule has 106 valence electrons. The maximum Gasteiger partial charge on any atom is 0.240 e. The number of benzene rings is 2. The first kappa shape index (κ1) is 15.0. The first-order valence-electron chi connectivity index (χ1n) is 5.96. The normalized spacial score (nSPS) is 11.5. The molecule has 0 aromatic heterocycles. The number of halogens is 1. The summed E-state index contributed by atoms with van der Waals surface area (Å²) in [7, 11) is -3.62. The monoisotopic (exact) mass is 311 g/mol. The molecule has 0 heterocycles. The van der Waals surface area contributed by atoms with Gasteiger partial charge in [-0.1, -0.05) is 41.9 Å². The van der Waals surface area contributed by atoms with E-state index < -0.39 is 10.0 Å². The predicted octanol–water partition coefficient (Wildman–Crippen LogP) is 2.31. The van der Waals surface area contributed by atoms with E-state index in [1.165, 1.54) is 12.1 Å². The van der Waals surface area contributed by atoms with Gasteiger partial charge in [-0.2, -0.15) is 0 Å². The Labute approximate surface area is 123 Å². The maximum atomic E-state index is 12.1. The lowest BCUT2D eigenvalue weighted by Crippen LogP contribution is -2.23. The molecule has 4 nitrogen and oxygen atoms in total. The Balaban J connectivity index is 2.17. The van der Waals surface area contributed by atoms with E-state index in [0.29, 0.717) is 10.6 Å². The second-order valence-corrected chi connectivity index (χ2v) is 6.41. The van der Waals surface area contributed by atoms with E-state index in [0.717, 1.165) is 5.56 Å². The minimum atomic E-state index is -3.62. The number of nitrogens with one attached hydrogen (secondary N) is 1. The zero-order chi connectivity index (χ0) is 14.6. The fourth-order valence-electron chi connectivity index (χ4n) is 1.77. The van der Waals surface area contributed by atoms with Crippen molar-refractivity contribution in [3.63, 3.8) is 0 Å². The Bertz CT molecular complexity index is 701. The largest absolute Gasteiger partial charge is 0.392 e. The summed E-state index contributed by atoms with van der Waals surface area (Å²) in [6, 6.07) is 13.2. The lowest BCUT2D eigenvalue weighted by molar-refractivity contribution is 0.280. The highest BCUT2D eigenvalue weighted by Gasteiger charge is 2.14. The SMILES string of the molecule is O=S(=O)(NCc1ccccc1CO)c1cccc(Cl)c1. The Morgan fingerprint density at radius 3 is 2.40 bits per heavy atom. The summed E-state index contributed by atoms with van der Waals surface area (Å²) in [6.07, 6.45) is 0. The second kappa shape index (κ2) is 6.37. The van der Waals surface area contributed by atoms with Crippen LogP contribution in [0.25, 0.3) is 0 Å². The second-order valence-electron chi connectivity index (χ2n) is 4.21. The molecule has 0 aliphatic rings. The van der Waals surface area contributed by atoms with E-state index in [2.05, 4.69) is 4.72 Å². The van der Waals surface area contributed by atoms with Crippen LogP contribution < -0.4 is 4.72 Å². The molecule has 2 N–H and O–H groups in total. The van der Waals surface area contributed by atoms with Gasteiger partial charge in [-0.05, 0) is 29.3 Å². The van der Waals surface area contributed by atoms with Crippen molar-refractivity contribution in [1.29, 1.82) is 0 Å². The minimum absolute atomic E-state index is 0.117. The van der Waals surface area contributed by atoms with Gasteiger partial charge in [-0.3, -0.25) is 0 Å². The van der Waals surface area contributed by atoms with Gasteiger partial charge in [0.05, 0.1) is 11.5 Å². The summed E-state index contributed by atoms with van der Waals surface area (Å²) in [5, 5.41) is 9.57. The van der Waals surface area contributed by atoms with Gasteiger partial charge in [0.1, 0.15) is 0 Å². The van der Waals surface area contributed by atoms with Gasteiger partial charge in [-0.15, -0.1) is 0 Å². The Kier molecular flexibility index (Phi) is 4.77. The summed E-state index contributed by atoms with van der Waals surface area (Å²) >= 11 is 5.79. The van der Waals surface area contributed by atoms with Crippen molar-refractivity contribution in [2.24, 2.45) is 0 Å². The van der Waals surface area contributed by atoms with Gasteiger partial charge >= 0.3 is 0 Å². The topological polar surface area (TPSA) is 66.4 Å². The molecule has 2 aromatic carbocycles. The van der Waals surface area contributed by atoms with Crippen LogP contribution in [0.1, 0.15) is 11.1 Å². The van der Waals surface area contributed by atoms with Gasteiger partial charge in [-0.25, -0.2) is 13.1 Å². The molecule has 20 heavy (non-hydrogen) atoms. The van der Waals surface area contributed by atoms with E-state index in [1.54, 1.807) is 36.4 Å². The molecule has 0 aliphatic carbocycles. The van der Waals surface area contributed by atoms with Crippen molar-refractivity contribution in [2.75, 3.05) is 0 Å². The van der Waals surface area contributed by atoms with Gasteiger partial charge in [0.2, 0.25) is 10.0 Å². The average Bonchev–Trinajstić information content (AvgIpc) is 2.45. The smallest absolute Gasteiger partial charge is 0.240 e. The van der Waals surface area contributed by atoms with E-state index in [-0.39, 0.29) is 18.0 Å². The average molecular weight is 312 g/mol. The van der Waals surface area contributed by atoms with Gasteiger partial charge < -0.3 is 5.11 Å². The number of sulfonamides is 1. The lowest BCUT2D eigenvalue weighted by atomic mass is 10.1. The van der Waals surface area contributed by atoms with E-state index in [4.69, 9.17) is 11.6 Å². The van der Waals surface area contributed by atoms with Crippen LogP contribution in [0.15, 0.2) is 53.4 Å². The molecule has 6 heteroatoms. The first-order chi connectivity index (χ1) is 9.53. The highest BCUT2D eigenvalue weighted by molar-refractivity contribution is 7.89. The van der Waals surface area contributed by atoms with Crippen LogP contribution in [0.3, 0.4) is 0 Å². The third-order valence-electron chi connectivity index (χ3n) is 2.85. The third-order valence-corrected chi connectivity index (χ3v) is 4.48. The van der Waals surface area contributed by atoms with E-state index in [1.807, 2.05) is 0 Å². The zero-order valence-electron chi connectivity index (χ0n) is 10.6. The summed E-state index contributed by atoms with van der Waals surface area (Å²) in [4.78, 5) is 0.117. The summed E-state index contributed by atoms with van der Waals surface area (Å²) in [5.41, 5.74) is 1.43. The van der Waals surface area contributed by atoms with Crippen LogP contribution in [-0.2, 0) is 23.2 Å². The van der Waals surface area contributed by atoms with Crippen molar-refractivity contribution in [1.82, 2.24) is 4.72 Å². The molecule has 0 atom stereocenters. The van der Waals surface area contributed by atoms with Crippen LogP contribution in [0, 0.1) is 0 Å². The van der Waals surface area contributed by atoms with E-state index >= 15 is 0 Å². The van der Waals surface area contributed by atoms with Crippen molar-refractivity contribution in [3.05, 3.63) is 64.7 Å². The highest BCUT2D eigenvalue weighted by Crippen LogP contribution is 2.16. The van der Waals surface area contributed by atoms with Crippen molar-refractivity contribution in [3.8, 4) is 0 Å². The predicted molar refractivity (Wildman–Crippen MR) is 77.8 cm³/mol. The molecule has 2 aromatic rings. The van der Waals surface area contributed by atoms with Crippen LogP contribution >= 0.6 is 11.6 Å². The highest BCUT2D eigenvalue weighted by atomic mass is 35.5. The fraction of sp³-hybridized carbons (Fsp3) is 0.143. The molecule has 0 saturated carbocycles. The first-order valence-corrected chi connectivity index (χ1v) is 7.82. The van der Waals surface area contributed by atoms with Crippen LogP contribution in [0.4, 0.5) is 0 Å². The van der Waals surface area contributed by atoms with Gasteiger partial charge in [0.15, 0.2) is 0 Å². The molecular formula is C14H14ClNO3S. The molecule has 0 fully saturated rings. The number of aliphatic hydroxyl groups excluding tert-OH is 1. The van der Waals surface area contributed by atoms with Gasteiger partial charge in [0, 0.05) is 11.6 Å². The molecule has 0 saturated heterocycles. The standard InChI is InChI=1S/C14H14ClNO3S/c15-13-6-3-7-14(8-13)20(18,19)16-9-11-4-1-2-5-12(11)10-17/h1-8,16-17H,9-10H2. The third kappa shape index (κ3) is 3.58. The Morgan fingerprint density at radius 1 is 1.05 bits per heavy atom. The summed E-state index contributed by atoms with van der Waals surface area (Å²) in [6.45, 7) is -0.0132. The Morgan fingerprint density at radius 2 is 1.75 bits per heavy atom. The Hall–Kier alpha value is -1.40. The zero-order valence-corrected chi connectivity index (χ0v) is 12.2. The minimum Gasteiger partial charge on any atom is -0.392 e. The van der Waals surface area contributed by atoms with Crippen LogP contribution in [-0.4, -0.2) is 13.5 Å². The molecule has 0 amide bonds. The summed E-state index contributed by atoms with van der Waals surface area (Å²) < 4.78 is 26.7. The molecule has 0 bridgehead atoms. The van der Waals surface area contributed by atoms with E-state index in [9.17, 15) is 13.5 Å². The molecule has 2 rings (SSSR count).